The molecule has 0 aliphatic carbocycles. The van der Waals surface area contributed by atoms with E-state index >= 15 is 0 Å². The Labute approximate surface area is 110 Å². The van der Waals surface area contributed by atoms with E-state index in [4.69, 9.17) is 5.11 Å². The van der Waals surface area contributed by atoms with Crippen molar-refractivity contribution < 1.29 is 19.4 Å². The van der Waals surface area contributed by atoms with Gasteiger partial charge in [0.15, 0.2) is 0 Å². The summed E-state index contributed by atoms with van der Waals surface area (Å²) in [6.07, 6.45) is 10.1. The van der Waals surface area contributed by atoms with E-state index in [1.165, 1.54) is 38.5 Å². The van der Waals surface area contributed by atoms with Gasteiger partial charge in [0.25, 0.3) is 0 Å². The molecule has 0 aliphatic rings. The molecule has 0 amide bonds. The third-order valence-corrected chi connectivity index (χ3v) is 2.11. The first-order valence-corrected chi connectivity index (χ1v) is 6.66. The first-order chi connectivity index (χ1) is 8.58. The fourth-order valence-electron chi connectivity index (χ4n) is 1.18. The van der Waals surface area contributed by atoms with Gasteiger partial charge < -0.3 is 9.84 Å². The molecule has 4 heteroatoms. The van der Waals surface area contributed by atoms with E-state index < -0.39 is 11.9 Å². The van der Waals surface area contributed by atoms with Crippen LogP contribution in [-0.2, 0) is 14.3 Å². The number of hydrogen-bond acceptors (Lipinski definition) is 3. The van der Waals surface area contributed by atoms with Crippen LogP contribution in [0.1, 0.15) is 59.3 Å². The molecular formula is C14H26O4. The highest BCUT2D eigenvalue weighted by Crippen LogP contribution is 2.03. The van der Waals surface area contributed by atoms with Gasteiger partial charge in [-0.15, -0.1) is 0 Å². The molecule has 0 atom stereocenters. The number of carboxylic acid groups (broad SMARTS) is 1. The molecule has 0 unspecified atom stereocenters. The molecule has 0 spiro atoms. The highest BCUT2D eigenvalue weighted by molar-refractivity contribution is 5.90. The SMILES string of the molecule is CCCCCCCC.CCOC(=O)/C=C\C(=O)O. The lowest BCUT2D eigenvalue weighted by Crippen LogP contribution is -2.00. The molecular weight excluding hydrogens is 232 g/mol. The lowest BCUT2D eigenvalue weighted by molar-refractivity contribution is -0.138. The van der Waals surface area contributed by atoms with Crippen LogP contribution in [-0.4, -0.2) is 23.7 Å². The smallest absolute Gasteiger partial charge is 0.330 e. The van der Waals surface area contributed by atoms with Crippen molar-refractivity contribution in [3.63, 3.8) is 0 Å². The maximum absolute atomic E-state index is 10.4. The number of rotatable bonds is 8. The molecule has 1 N–H and O–H groups in total. The molecule has 0 fully saturated rings. The quantitative estimate of drug-likeness (QED) is 0.411. The summed E-state index contributed by atoms with van der Waals surface area (Å²) in [5.41, 5.74) is 0. The fraction of sp³-hybridized carbons (Fsp3) is 0.714. The topological polar surface area (TPSA) is 63.6 Å². The summed E-state index contributed by atoms with van der Waals surface area (Å²) >= 11 is 0. The molecule has 4 nitrogen and oxygen atoms in total. The van der Waals surface area contributed by atoms with Gasteiger partial charge in [-0.1, -0.05) is 52.4 Å². The summed E-state index contributed by atoms with van der Waals surface area (Å²) in [4.78, 5) is 20.2. The van der Waals surface area contributed by atoms with E-state index in [-0.39, 0.29) is 6.61 Å². The number of hydrogen-bond donors (Lipinski definition) is 1. The first kappa shape index (κ1) is 19.0. The summed E-state index contributed by atoms with van der Waals surface area (Å²) in [6.45, 7) is 6.41. The van der Waals surface area contributed by atoms with Crippen molar-refractivity contribution in [3.05, 3.63) is 12.2 Å². The first-order valence-electron chi connectivity index (χ1n) is 6.66. The second-order valence-electron chi connectivity index (χ2n) is 3.84. The highest BCUT2D eigenvalue weighted by atomic mass is 16.5. The average Bonchev–Trinajstić information content (AvgIpc) is 2.33. The second-order valence-corrected chi connectivity index (χ2v) is 3.84. The molecule has 18 heavy (non-hydrogen) atoms. The fourth-order valence-corrected chi connectivity index (χ4v) is 1.18. The molecule has 0 radical (unpaired) electrons. The molecule has 0 bridgehead atoms. The monoisotopic (exact) mass is 258 g/mol. The van der Waals surface area contributed by atoms with Crippen LogP contribution in [0.5, 0.6) is 0 Å². The maximum Gasteiger partial charge on any atom is 0.330 e. The lowest BCUT2D eigenvalue weighted by atomic mass is 10.1. The normalized spacial score (nSPS) is 9.72. The number of aliphatic carboxylic acids is 1. The Balaban J connectivity index is 0. The molecule has 0 heterocycles. The van der Waals surface area contributed by atoms with E-state index in [0.717, 1.165) is 12.2 Å². The number of esters is 1. The van der Waals surface area contributed by atoms with Gasteiger partial charge >= 0.3 is 11.9 Å². The average molecular weight is 258 g/mol. The zero-order valence-corrected chi connectivity index (χ0v) is 11.8. The van der Waals surface area contributed by atoms with Crippen molar-refractivity contribution in [2.75, 3.05) is 6.61 Å². The molecule has 0 rings (SSSR count). The number of ether oxygens (including phenoxy) is 1. The Morgan fingerprint density at radius 1 is 0.944 bits per heavy atom. The van der Waals surface area contributed by atoms with Crippen molar-refractivity contribution in [1.82, 2.24) is 0 Å². The van der Waals surface area contributed by atoms with Crippen LogP contribution in [0.15, 0.2) is 12.2 Å². The number of carbonyl (C=O) groups excluding carboxylic acids is 1. The van der Waals surface area contributed by atoms with Crippen LogP contribution in [0, 0.1) is 0 Å². The molecule has 0 aromatic carbocycles. The van der Waals surface area contributed by atoms with Crippen LogP contribution in [0.3, 0.4) is 0 Å². The predicted octanol–water partition coefficient (Wildman–Crippen LogP) is 3.56. The van der Waals surface area contributed by atoms with E-state index in [1.54, 1.807) is 6.92 Å². The molecule has 106 valence electrons. The van der Waals surface area contributed by atoms with E-state index in [1.807, 2.05) is 0 Å². The Kier molecular flexibility index (Phi) is 16.6. The maximum atomic E-state index is 10.4. The zero-order valence-electron chi connectivity index (χ0n) is 11.8. The standard InChI is InChI=1S/C8H18.C6H8O4/c1-3-5-7-8-6-4-2;1-2-10-6(9)4-3-5(7)8/h3-8H2,1-2H3;3-4H,2H2,1H3,(H,7,8)/b;4-3-. The summed E-state index contributed by atoms with van der Waals surface area (Å²) in [5.74, 6) is -1.79. The summed E-state index contributed by atoms with van der Waals surface area (Å²) < 4.78 is 4.40. The minimum Gasteiger partial charge on any atom is -0.478 e. The third-order valence-electron chi connectivity index (χ3n) is 2.11. The van der Waals surface area contributed by atoms with E-state index in [0.29, 0.717) is 0 Å². The Hall–Kier alpha value is -1.32. The van der Waals surface area contributed by atoms with Gasteiger partial charge in [0.1, 0.15) is 0 Å². The van der Waals surface area contributed by atoms with Gasteiger partial charge in [0.2, 0.25) is 0 Å². The van der Waals surface area contributed by atoms with Crippen molar-refractivity contribution in [2.24, 2.45) is 0 Å². The lowest BCUT2D eigenvalue weighted by Gasteiger charge is -1.93. The van der Waals surface area contributed by atoms with E-state index in [2.05, 4.69) is 18.6 Å². The third kappa shape index (κ3) is 20.1. The molecule has 0 saturated carbocycles. The van der Waals surface area contributed by atoms with Crippen molar-refractivity contribution >= 4 is 11.9 Å². The highest BCUT2D eigenvalue weighted by Gasteiger charge is 1.94. The van der Waals surface area contributed by atoms with Gasteiger partial charge in [-0.25, -0.2) is 9.59 Å². The minimum atomic E-state index is -1.16. The van der Waals surface area contributed by atoms with Gasteiger partial charge in [-0.3, -0.25) is 0 Å². The van der Waals surface area contributed by atoms with Crippen LogP contribution < -0.4 is 0 Å². The molecule has 0 aliphatic heterocycles. The Morgan fingerprint density at radius 3 is 1.78 bits per heavy atom. The summed E-state index contributed by atoms with van der Waals surface area (Å²) in [7, 11) is 0. The molecule has 0 aromatic heterocycles. The van der Waals surface area contributed by atoms with Gasteiger partial charge in [-0.2, -0.15) is 0 Å². The van der Waals surface area contributed by atoms with Crippen molar-refractivity contribution in [1.29, 1.82) is 0 Å². The summed E-state index contributed by atoms with van der Waals surface area (Å²) in [6, 6.07) is 0. The number of unbranched alkanes of at least 4 members (excludes halogenated alkanes) is 5. The summed E-state index contributed by atoms with van der Waals surface area (Å²) in [5, 5.41) is 8.04. The zero-order chi connectivity index (χ0) is 14.2. The van der Waals surface area contributed by atoms with Crippen molar-refractivity contribution in [3.8, 4) is 0 Å². The molecule has 0 saturated heterocycles. The van der Waals surface area contributed by atoms with Gasteiger partial charge in [-0.05, 0) is 6.92 Å². The van der Waals surface area contributed by atoms with Crippen LogP contribution in [0.2, 0.25) is 0 Å². The minimum absolute atomic E-state index is 0.253. The van der Waals surface area contributed by atoms with Crippen LogP contribution in [0.25, 0.3) is 0 Å². The van der Waals surface area contributed by atoms with Crippen LogP contribution in [0.4, 0.5) is 0 Å². The Morgan fingerprint density at radius 2 is 1.44 bits per heavy atom. The van der Waals surface area contributed by atoms with Gasteiger partial charge in [0.05, 0.1) is 6.61 Å². The van der Waals surface area contributed by atoms with E-state index in [9.17, 15) is 9.59 Å². The predicted molar refractivity (Wildman–Crippen MR) is 72.5 cm³/mol. The van der Waals surface area contributed by atoms with Gasteiger partial charge in [0, 0.05) is 12.2 Å². The largest absolute Gasteiger partial charge is 0.478 e. The molecule has 0 aromatic rings. The van der Waals surface area contributed by atoms with Crippen molar-refractivity contribution in [2.45, 2.75) is 59.3 Å². The second kappa shape index (κ2) is 15.7. The van der Waals surface area contributed by atoms with Crippen LogP contribution >= 0.6 is 0 Å². The Bertz CT molecular complexity index is 228. The number of carbonyl (C=O) groups is 2. The number of carboxylic acids is 1.